The van der Waals surface area contributed by atoms with E-state index in [-0.39, 0.29) is 5.91 Å². The minimum Gasteiger partial charge on any atom is -0.382 e. The van der Waals surface area contributed by atoms with Gasteiger partial charge in [0.25, 0.3) is 0 Å². The number of carbonyl (C=O) groups is 1. The van der Waals surface area contributed by atoms with Crippen molar-refractivity contribution in [2.24, 2.45) is 5.92 Å². The second-order valence-corrected chi connectivity index (χ2v) is 6.26. The molecule has 0 aromatic heterocycles. The lowest BCUT2D eigenvalue weighted by Crippen LogP contribution is -2.25. The van der Waals surface area contributed by atoms with E-state index in [1.54, 1.807) is 19.0 Å². The lowest BCUT2D eigenvalue weighted by molar-refractivity contribution is -0.127. The lowest BCUT2D eigenvalue weighted by Gasteiger charge is -2.27. The van der Waals surface area contributed by atoms with E-state index in [4.69, 9.17) is 0 Å². The Bertz CT molecular complexity index is 431. The number of carbonyl (C=O) groups excluding carboxylic acids is 1. The van der Waals surface area contributed by atoms with Crippen molar-refractivity contribution in [3.63, 3.8) is 0 Å². The number of nitrogens with zero attached hydrogens (tertiary/aromatic N) is 1. The van der Waals surface area contributed by atoms with Crippen LogP contribution in [0.4, 0.5) is 5.69 Å². The third-order valence-corrected chi connectivity index (χ3v) is 4.19. The van der Waals surface area contributed by atoms with Gasteiger partial charge < -0.3 is 10.2 Å². The molecule has 0 spiro atoms. The summed E-state index contributed by atoms with van der Waals surface area (Å²) in [6.07, 6.45) is 5.67. The second-order valence-electron chi connectivity index (χ2n) is 6.26. The first-order valence-corrected chi connectivity index (χ1v) is 7.60. The molecule has 0 radical (unpaired) electrons. The SMILES string of the molecule is CC1CCC(Nc2ccc(CC(=O)N(C)C)cc2)CC1. The fourth-order valence-corrected chi connectivity index (χ4v) is 2.69. The molecular formula is C17H26N2O. The number of likely N-dealkylation sites (N-methyl/N-ethyl adjacent to an activating group) is 1. The first-order chi connectivity index (χ1) is 9.54. The minimum absolute atomic E-state index is 0.145. The summed E-state index contributed by atoms with van der Waals surface area (Å²) in [4.78, 5) is 13.3. The van der Waals surface area contributed by atoms with Gasteiger partial charge >= 0.3 is 0 Å². The molecule has 0 bridgehead atoms. The molecule has 1 aromatic carbocycles. The van der Waals surface area contributed by atoms with Crippen LogP contribution in [0.5, 0.6) is 0 Å². The van der Waals surface area contributed by atoms with Crippen LogP contribution >= 0.6 is 0 Å². The summed E-state index contributed by atoms with van der Waals surface area (Å²) in [5, 5.41) is 3.61. The standard InChI is InChI=1S/C17H26N2O/c1-13-4-8-15(9-5-13)18-16-10-6-14(7-11-16)12-17(20)19(2)3/h6-7,10-11,13,15,18H,4-5,8-9,12H2,1-3H3. The maximum Gasteiger partial charge on any atom is 0.226 e. The van der Waals surface area contributed by atoms with Gasteiger partial charge in [-0.25, -0.2) is 0 Å². The van der Waals surface area contributed by atoms with Gasteiger partial charge in [-0.05, 0) is 49.3 Å². The van der Waals surface area contributed by atoms with E-state index >= 15 is 0 Å². The van der Waals surface area contributed by atoms with Crippen LogP contribution < -0.4 is 5.32 Å². The van der Waals surface area contributed by atoms with Crippen LogP contribution in [0.2, 0.25) is 0 Å². The van der Waals surface area contributed by atoms with Gasteiger partial charge in [0.15, 0.2) is 0 Å². The predicted octanol–water partition coefficient (Wildman–Crippen LogP) is 3.31. The maximum absolute atomic E-state index is 11.7. The number of hydrogen-bond donors (Lipinski definition) is 1. The van der Waals surface area contributed by atoms with Crippen molar-refractivity contribution in [2.45, 2.75) is 45.1 Å². The summed E-state index contributed by atoms with van der Waals surface area (Å²) in [5.41, 5.74) is 2.25. The smallest absolute Gasteiger partial charge is 0.226 e. The van der Waals surface area contributed by atoms with E-state index in [1.165, 1.54) is 31.4 Å². The van der Waals surface area contributed by atoms with Crippen molar-refractivity contribution in [1.82, 2.24) is 4.90 Å². The molecule has 1 aliphatic carbocycles. The van der Waals surface area contributed by atoms with Crippen molar-refractivity contribution in [1.29, 1.82) is 0 Å². The third kappa shape index (κ3) is 4.26. The van der Waals surface area contributed by atoms with Crippen molar-refractivity contribution < 1.29 is 4.79 Å². The zero-order valence-electron chi connectivity index (χ0n) is 12.9. The fourth-order valence-electron chi connectivity index (χ4n) is 2.69. The zero-order chi connectivity index (χ0) is 14.5. The fraction of sp³-hybridized carbons (Fsp3) is 0.588. The molecule has 0 atom stereocenters. The van der Waals surface area contributed by atoms with Gasteiger partial charge in [0.2, 0.25) is 5.91 Å². The molecule has 1 fully saturated rings. The van der Waals surface area contributed by atoms with E-state index in [1.807, 2.05) is 0 Å². The molecule has 3 heteroatoms. The van der Waals surface area contributed by atoms with Crippen LogP contribution in [0.1, 0.15) is 38.2 Å². The monoisotopic (exact) mass is 274 g/mol. The van der Waals surface area contributed by atoms with Gasteiger partial charge in [-0.1, -0.05) is 19.1 Å². The molecule has 1 aliphatic rings. The highest BCUT2D eigenvalue weighted by molar-refractivity contribution is 5.78. The zero-order valence-corrected chi connectivity index (χ0v) is 12.9. The Hall–Kier alpha value is -1.51. The number of rotatable bonds is 4. The van der Waals surface area contributed by atoms with Crippen LogP contribution in [-0.4, -0.2) is 30.9 Å². The van der Waals surface area contributed by atoms with Gasteiger partial charge in [-0.15, -0.1) is 0 Å². The minimum atomic E-state index is 0.145. The predicted molar refractivity (Wildman–Crippen MR) is 83.9 cm³/mol. The second kappa shape index (κ2) is 6.78. The van der Waals surface area contributed by atoms with Crippen LogP contribution in [0.15, 0.2) is 24.3 Å². The lowest BCUT2D eigenvalue weighted by atomic mass is 9.87. The Morgan fingerprint density at radius 3 is 2.30 bits per heavy atom. The van der Waals surface area contributed by atoms with Gasteiger partial charge in [-0.3, -0.25) is 4.79 Å². The van der Waals surface area contributed by atoms with Crippen LogP contribution in [0.3, 0.4) is 0 Å². The molecule has 1 aromatic rings. The van der Waals surface area contributed by atoms with E-state index in [0.717, 1.165) is 11.5 Å². The Morgan fingerprint density at radius 1 is 1.15 bits per heavy atom. The van der Waals surface area contributed by atoms with E-state index in [0.29, 0.717) is 12.5 Å². The highest BCUT2D eigenvalue weighted by atomic mass is 16.2. The van der Waals surface area contributed by atoms with Gasteiger partial charge in [-0.2, -0.15) is 0 Å². The summed E-state index contributed by atoms with van der Waals surface area (Å²) in [7, 11) is 3.59. The van der Waals surface area contributed by atoms with Crippen LogP contribution in [0.25, 0.3) is 0 Å². The number of amides is 1. The Kier molecular flexibility index (Phi) is 5.05. The van der Waals surface area contributed by atoms with Gasteiger partial charge in [0.05, 0.1) is 6.42 Å². The Labute approximate surface area is 122 Å². The van der Waals surface area contributed by atoms with Gasteiger partial charge in [0.1, 0.15) is 0 Å². The highest BCUT2D eigenvalue weighted by Crippen LogP contribution is 2.26. The molecule has 1 amide bonds. The quantitative estimate of drug-likeness (QED) is 0.913. The molecule has 0 aliphatic heterocycles. The first-order valence-electron chi connectivity index (χ1n) is 7.60. The van der Waals surface area contributed by atoms with E-state index in [2.05, 4.69) is 36.5 Å². The topological polar surface area (TPSA) is 32.3 Å². The van der Waals surface area contributed by atoms with E-state index < -0.39 is 0 Å². The molecule has 3 nitrogen and oxygen atoms in total. The Morgan fingerprint density at radius 2 is 1.75 bits per heavy atom. The summed E-state index contributed by atoms with van der Waals surface area (Å²) >= 11 is 0. The average Bonchev–Trinajstić information content (AvgIpc) is 2.43. The Balaban J connectivity index is 1.87. The van der Waals surface area contributed by atoms with Crippen LogP contribution in [0, 0.1) is 5.92 Å². The van der Waals surface area contributed by atoms with Crippen LogP contribution in [-0.2, 0) is 11.2 Å². The van der Waals surface area contributed by atoms with Crippen molar-refractivity contribution in [3.05, 3.63) is 29.8 Å². The van der Waals surface area contributed by atoms with E-state index in [9.17, 15) is 4.79 Å². The van der Waals surface area contributed by atoms with Crippen molar-refractivity contribution in [2.75, 3.05) is 19.4 Å². The molecule has 110 valence electrons. The molecule has 0 heterocycles. The average molecular weight is 274 g/mol. The summed E-state index contributed by atoms with van der Waals surface area (Å²) in [5.74, 6) is 1.03. The number of hydrogen-bond acceptors (Lipinski definition) is 2. The maximum atomic E-state index is 11.7. The summed E-state index contributed by atoms with van der Waals surface area (Å²) in [6, 6.07) is 8.90. The normalized spacial score (nSPS) is 22.4. The van der Waals surface area contributed by atoms with Gasteiger partial charge in [0, 0.05) is 25.8 Å². The molecule has 1 saturated carbocycles. The molecule has 0 saturated heterocycles. The summed E-state index contributed by atoms with van der Waals surface area (Å²) < 4.78 is 0. The molecule has 1 N–H and O–H groups in total. The number of benzene rings is 1. The molecular weight excluding hydrogens is 248 g/mol. The van der Waals surface area contributed by atoms with Crippen molar-refractivity contribution >= 4 is 11.6 Å². The first kappa shape index (κ1) is 14.9. The van der Waals surface area contributed by atoms with Crippen molar-refractivity contribution in [3.8, 4) is 0 Å². The molecule has 2 rings (SSSR count). The number of anilines is 1. The molecule has 20 heavy (non-hydrogen) atoms. The third-order valence-electron chi connectivity index (χ3n) is 4.19. The largest absolute Gasteiger partial charge is 0.382 e. The summed E-state index contributed by atoms with van der Waals surface area (Å²) in [6.45, 7) is 2.34. The molecule has 0 unspecified atom stereocenters. The highest BCUT2D eigenvalue weighted by Gasteiger charge is 2.17. The number of nitrogens with one attached hydrogen (secondary N) is 1.